The van der Waals surface area contributed by atoms with Crippen molar-refractivity contribution in [3.63, 3.8) is 0 Å². The highest BCUT2D eigenvalue weighted by molar-refractivity contribution is 9.10. The number of hydrazone groups is 1. The van der Waals surface area contributed by atoms with Crippen LogP contribution in [0.5, 0.6) is 5.75 Å². The second kappa shape index (κ2) is 5.79. The fourth-order valence-corrected chi connectivity index (χ4v) is 2.24. The Kier molecular flexibility index (Phi) is 4.11. The van der Waals surface area contributed by atoms with Crippen LogP contribution in [0.15, 0.2) is 39.4 Å². The Hall–Kier alpha value is -1.40. The van der Waals surface area contributed by atoms with Crippen LogP contribution in [-0.2, 0) is 0 Å². The lowest BCUT2D eigenvalue weighted by molar-refractivity contribution is 0.412. The van der Waals surface area contributed by atoms with E-state index in [0.29, 0.717) is 0 Å². The van der Waals surface area contributed by atoms with Gasteiger partial charge in [-0.25, -0.2) is 4.98 Å². The largest absolute Gasteiger partial charge is 0.496 e. The standard InChI is InChI=1S/C11H10BrN3OS/c1-16-10-3-2-8(6-9(10)12)7-14-15-11-13-4-5-17-11/h2-7H,1H3,(H,13,15). The molecule has 1 aromatic heterocycles. The molecule has 0 bridgehead atoms. The summed E-state index contributed by atoms with van der Waals surface area (Å²) in [5, 5.41) is 6.75. The topological polar surface area (TPSA) is 46.5 Å². The van der Waals surface area contributed by atoms with Crippen molar-refractivity contribution in [3.05, 3.63) is 39.8 Å². The molecule has 0 aliphatic carbocycles. The Morgan fingerprint density at radius 2 is 2.41 bits per heavy atom. The predicted molar refractivity (Wildman–Crippen MR) is 74.0 cm³/mol. The molecule has 0 unspecified atom stereocenters. The van der Waals surface area contributed by atoms with Crippen molar-refractivity contribution < 1.29 is 4.74 Å². The zero-order chi connectivity index (χ0) is 12.1. The van der Waals surface area contributed by atoms with Crippen molar-refractivity contribution in [2.75, 3.05) is 12.5 Å². The van der Waals surface area contributed by atoms with Crippen LogP contribution >= 0.6 is 27.3 Å². The number of hydrogen-bond donors (Lipinski definition) is 1. The number of anilines is 1. The molecular weight excluding hydrogens is 302 g/mol. The van der Waals surface area contributed by atoms with E-state index in [9.17, 15) is 0 Å². The molecule has 17 heavy (non-hydrogen) atoms. The van der Waals surface area contributed by atoms with E-state index in [0.717, 1.165) is 20.9 Å². The van der Waals surface area contributed by atoms with Crippen LogP contribution in [0.2, 0.25) is 0 Å². The lowest BCUT2D eigenvalue weighted by atomic mass is 10.2. The minimum Gasteiger partial charge on any atom is -0.496 e. The van der Waals surface area contributed by atoms with Crippen LogP contribution in [0.3, 0.4) is 0 Å². The first-order chi connectivity index (χ1) is 8.29. The highest BCUT2D eigenvalue weighted by atomic mass is 79.9. The van der Waals surface area contributed by atoms with Gasteiger partial charge in [0.1, 0.15) is 5.75 Å². The molecule has 0 radical (unpaired) electrons. The summed E-state index contributed by atoms with van der Waals surface area (Å²) < 4.78 is 6.05. The van der Waals surface area contributed by atoms with Crippen LogP contribution in [-0.4, -0.2) is 18.3 Å². The SMILES string of the molecule is COc1ccc(C=NNc2nccs2)cc1Br. The van der Waals surface area contributed by atoms with Gasteiger partial charge in [0.15, 0.2) is 0 Å². The van der Waals surface area contributed by atoms with E-state index in [1.807, 2.05) is 23.6 Å². The van der Waals surface area contributed by atoms with Gasteiger partial charge < -0.3 is 4.74 Å². The summed E-state index contributed by atoms with van der Waals surface area (Å²) in [5.41, 5.74) is 3.83. The van der Waals surface area contributed by atoms with Gasteiger partial charge in [0.05, 0.1) is 17.8 Å². The van der Waals surface area contributed by atoms with Crippen molar-refractivity contribution in [1.82, 2.24) is 4.98 Å². The lowest BCUT2D eigenvalue weighted by Crippen LogP contribution is -1.91. The minimum atomic E-state index is 0.772. The van der Waals surface area contributed by atoms with Gasteiger partial charge in [-0.3, -0.25) is 5.43 Å². The molecule has 0 aliphatic rings. The summed E-state index contributed by atoms with van der Waals surface area (Å²) in [6, 6.07) is 5.75. The Labute approximate surface area is 111 Å². The van der Waals surface area contributed by atoms with Crippen LogP contribution < -0.4 is 10.2 Å². The Balaban J connectivity index is 2.03. The summed E-state index contributed by atoms with van der Waals surface area (Å²) in [6.07, 6.45) is 3.46. The van der Waals surface area contributed by atoms with E-state index in [1.54, 1.807) is 19.5 Å². The van der Waals surface area contributed by atoms with Crippen LogP contribution in [0.1, 0.15) is 5.56 Å². The summed E-state index contributed by atoms with van der Waals surface area (Å²) in [7, 11) is 1.64. The van der Waals surface area contributed by atoms with E-state index in [2.05, 4.69) is 31.4 Å². The van der Waals surface area contributed by atoms with Crippen LogP contribution in [0.25, 0.3) is 0 Å². The second-order valence-corrected chi connectivity index (χ2v) is 4.85. The fourth-order valence-electron chi connectivity index (χ4n) is 1.20. The van der Waals surface area contributed by atoms with Crippen molar-refractivity contribution in [2.24, 2.45) is 5.10 Å². The van der Waals surface area contributed by atoms with Gasteiger partial charge in [-0.15, -0.1) is 11.3 Å². The Bertz CT molecular complexity index is 513. The third-order valence-corrected chi connectivity index (χ3v) is 3.28. The average molecular weight is 312 g/mol. The molecule has 1 N–H and O–H groups in total. The highest BCUT2D eigenvalue weighted by Gasteiger charge is 1.99. The van der Waals surface area contributed by atoms with Gasteiger partial charge in [-0.05, 0) is 39.7 Å². The molecule has 0 aliphatic heterocycles. The number of halogens is 1. The number of aromatic nitrogens is 1. The molecule has 0 amide bonds. The molecule has 2 rings (SSSR count). The van der Waals surface area contributed by atoms with Crippen molar-refractivity contribution >= 4 is 38.6 Å². The molecule has 2 aromatic rings. The van der Waals surface area contributed by atoms with Crippen LogP contribution in [0.4, 0.5) is 5.13 Å². The molecule has 1 heterocycles. The number of rotatable bonds is 4. The molecule has 6 heteroatoms. The maximum Gasteiger partial charge on any atom is 0.203 e. The predicted octanol–water partition coefficient (Wildman–Crippen LogP) is 3.36. The first kappa shape index (κ1) is 12.1. The highest BCUT2D eigenvalue weighted by Crippen LogP contribution is 2.24. The molecular formula is C11H10BrN3OS. The molecule has 1 aromatic carbocycles. The zero-order valence-corrected chi connectivity index (χ0v) is 11.5. The maximum atomic E-state index is 5.15. The molecule has 0 saturated carbocycles. The fraction of sp³-hybridized carbons (Fsp3) is 0.0909. The number of thiazole rings is 1. The van der Waals surface area contributed by atoms with Gasteiger partial charge in [0, 0.05) is 11.6 Å². The molecule has 0 spiro atoms. The van der Waals surface area contributed by atoms with Gasteiger partial charge in [0.2, 0.25) is 5.13 Å². The number of methoxy groups -OCH3 is 1. The van der Waals surface area contributed by atoms with Gasteiger partial charge >= 0.3 is 0 Å². The Morgan fingerprint density at radius 3 is 3.06 bits per heavy atom. The molecule has 0 atom stereocenters. The monoisotopic (exact) mass is 311 g/mol. The van der Waals surface area contributed by atoms with E-state index >= 15 is 0 Å². The summed E-state index contributed by atoms with van der Waals surface area (Å²) in [6.45, 7) is 0. The van der Waals surface area contributed by atoms with Crippen molar-refractivity contribution in [2.45, 2.75) is 0 Å². The molecule has 88 valence electrons. The summed E-state index contributed by atoms with van der Waals surface area (Å²) >= 11 is 4.92. The van der Waals surface area contributed by atoms with Crippen molar-refractivity contribution in [3.8, 4) is 5.75 Å². The number of nitrogens with one attached hydrogen (secondary N) is 1. The Morgan fingerprint density at radius 1 is 1.53 bits per heavy atom. The number of benzene rings is 1. The van der Waals surface area contributed by atoms with Crippen molar-refractivity contribution in [1.29, 1.82) is 0 Å². The second-order valence-electron chi connectivity index (χ2n) is 3.10. The van der Waals surface area contributed by atoms with Gasteiger partial charge in [-0.1, -0.05) is 0 Å². The van der Waals surface area contributed by atoms with Gasteiger partial charge in [-0.2, -0.15) is 5.10 Å². The zero-order valence-electron chi connectivity index (χ0n) is 9.05. The maximum absolute atomic E-state index is 5.15. The number of nitrogens with zero attached hydrogens (tertiary/aromatic N) is 2. The van der Waals surface area contributed by atoms with Crippen LogP contribution in [0, 0.1) is 0 Å². The number of ether oxygens (including phenoxy) is 1. The van der Waals surface area contributed by atoms with E-state index in [1.165, 1.54) is 11.3 Å². The normalized spacial score (nSPS) is 10.7. The summed E-state index contributed by atoms with van der Waals surface area (Å²) in [4.78, 5) is 4.06. The smallest absolute Gasteiger partial charge is 0.203 e. The van der Waals surface area contributed by atoms with E-state index < -0.39 is 0 Å². The van der Waals surface area contributed by atoms with E-state index in [-0.39, 0.29) is 0 Å². The van der Waals surface area contributed by atoms with Gasteiger partial charge in [0.25, 0.3) is 0 Å². The molecule has 0 fully saturated rings. The molecule has 4 nitrogen and oxygen atoms in total. The summed E-state index contributed by atoms with van der Waals surface area (Å²) in [5.74, 6) is 0.801. The molecule has 0 saturated heterocycles. The number of hydrogen-bond acceptors (Lipinski definition) is 5. The van der Waals surface area contributed by atoms with E-state index in [4.69, 9.17) is 4.74 Å². The minimum absolute atomic E-state index is 0.772. The quantitative estimate of drug-likeness (QED) is 0.695. The third-order valence-electron chi connectivity index (χ3n) is 1.98. The average Bonchev–Trinajstić information content (AvgIpc) is 2.82. The third kappa shape index (κ3) is 3.28. The lowest BCUT2D eigenvalue weighted by Gasteiger charge is -2.02. The first-order valence-corrected chi connectivity index (χ1v) is 6.49. The first-order valence-electron chi connectivity index (χ1n) is 4.81.